The molecule has 4 aromatic rings. The molecule has 0 radical (unpaired) electrons. The van der Waals surface area contributed by atoms with Crippen molar-refractivity contribution in [2.24, 2.45) is 0 Å². The normalized spacial score (nSPS) is 15.5. The van der Waals surface area contributed by atoms with Crippen LogP contribution in [0.2, 0.25) is 5.15 Å². The van der Waals surface area contributed by atoms with Gasteiger partial charge in [-0.15, -0.1) is 0 Å². The van der Waals surface area contributed by atoms with E-state index in [1.807, 2.05) is 37.2 Å². The zero-order chi connectivity index (χ0) is 28.9. The third kappa shape index (κ3) is 4.98. The molecule has 12 heteroatoms. The van der Waals surface area contributed by atoms with Gasteiger partial charge in [0, 0.05) is 42.5 Å². The summed E-state index contributed by atoms with van der Waals surface area (Å²) in [6, 6.07) is 10.3. The number of nitrogens with zero attached hydrogens (tertiary/aromatic N) is 5. The highest BCUT2D eigenvalue weighted by molar-refractivity contribution is 7.92. The molecule has 3 aromatic heterocycles. The first-order valence-corrected chi connectivity index (χ1v) is 15.1. The van der Waals surface area contributed by atoms with Crippen LogP contribution in [0.5, 0.6) is 5.88 Å². The summed E-state index contributed by atoms with van der Waals surface area (Å²) < 4.78 is 35.0. The average Bonchev–Trinajstić information content (AvgIpc) is 3.72. The van der Waals surface area contributed by atoms with Crippen LogP contribution in [-0.4, -0.2) is 68.5 Å². The number of hydrogen-bond acceptors (Lipinski definition) is 8. The Morgan fingerprint density at radius 1 is 1.05 bits per heavy atom. The van der Waals surface area contributed by atoms with E-state index in [-0.39, 0.29) is 27.5 Å². The Labute approximate surface area is 243 Å². The topological polar surface area (TPSA) is 118 Å². The number of likely N-dealkylation sites (N-methyl/N-ethyl adjacent to an activating group) is 1. The second kappa shape index (κ2) is 10.2. The summed E-state index contributed by atoms with van der Waals surface area (Å²) in [7, 11) is 1.73. The van der Waals surface area contributed by atoms with Gasteiger partial charge in [-0.1, -0.05) is 17.7 Å². The van der Waals surface area contributed by atoms with E-state index in [1.165, 1.54) is 18.3 Å². The fraction of sp³-hybridized carbons (Fsp3) is 0.310. The molecular formula is C29H29ClN6O4S. The van der Waals surface area contributed by atoms with Gasteiger partial charge in [0.2, 0.25) is 11.8 Å². The molecule has 6 rings (SSSR count). The average molecular weight is 593 g/mol. The van der Waals surface area contributed by atoms with Gasteiger partial charge in [0.15, 0.2) is 0 Å². The highest BCUT2D eigenvalue weighted by Crippen LogP contribution is 2.58. The number of benzene rings is 1. The highest BCUT2D eigenvalue weighted by Gasteiger charge is 2.59. The molecule has 10 nitrogen and oxygen atoms in total. The first-order chi connectivity index (χ1) is 19.6. The van der Waals surface area contributed by atoms with Crippen molar-refractivity contribution in [3.8, 4) is 17.0 Å². The summed E-state index contributed by atoms with van der Waals surface area (Å²) in [5.74, 6) is 0.281. The van der Waals surface area contributed by atoms with E-state index in [0.717, 1.165) is 53.5 Å². The Bertz CT molecular complexity index is 1770. The third-order valence-electron chi connectivity index (χ3n) is 7.58. The third-order valence-corrected chi connectivity index (χ3v) is 9.15. The van der Waals surface area contributed by atoms with E-state index in [9.17, 15) is 13.2 Å². The molecule has 212 valence electrons. The Kier molecular flexibility index (Phi) is 6.83. The van der Waals surface area contributed by atoms with E-state index in [2.05, 4.69) is 19.7 Å². The number of aromatic nitrogens is 3. The Morgan fingerprint density at radius 2 is 1.85 bits per heavy atom. The number of amides is 1. The van der Waals surface area contributed by atoms with Gasteiger partial charge >= 0.3 is 0 Å². The monoisotopic (exact) mass is 592 g/mol. The van der Waals surface area contributed by atoms with Crippen LogP contribution < -0.4 is 14.4 Å². The second-order valence-electron chi connectivity index (χ2n) is 10.7. The van der Waals surface area contributed by atoms with Crippen molar-refractivity contribution >= 4 is 49.8 Å². The molecule has 0 saturated heterocycles. The summed E-state index contributed by atoms with van der Waals surface area (Å²) in [5.41, 5.74) is 3.87. The maximum Gasteiger partial charge on any atom is 0.263 e. The van der Waals surface area contributed by atoms with Crippen molar-refractivity contribution in [2.75, 3.05) is 43.9 Å². The number of ether oxygens (including phenoxy) is 1. The summed E-state index contributed by atoms with van der Waals surface area (Å²) >= 11 is 5.86. The van der Waals surface area contributed by atoms with E-state index in [0.29, 0.717) is 12.2 Å². The summed E-state index contributed by atoms with van der Waals surface area (Å²) in [4.78, 5) is 29.7. The minimum Gasteiger partial charge on any atom is -0.476 e. The van der Waals surface area contributed by atoms with Gasteiger partial charge in [0.1, 0.15) is 15.7 Å². The van der Waals surface area contributed by atoms with Gasteiger partial charge < -0.3 is 14.5 Å². The standard InChI is InChI=1S/C29H29ClN6O4S/c1-35(2)11-4-12-40-27-23(34-41(38,39)20-6-8-25(30)32-16-20)14-19(15-33-27)18-5-7-22-21(13-18)26-24(17-31-22)36(3)28(37)29(26)9-10-29/h5-8,13-17,34H,4,9-12H2,1-3H3. The number of hydrogen-bond donors (Lipinski definition) is 1. The quantitative estimate of drug-likeness (QED) is 0.223. The molecule has 1 aromatic carbocycles. The van der Waals surface area contributed by atoms with Gasteiger partial charge in [-0.25, -0.2) is 18.4 Å². The zero-order valence-corrected chi connectivity index (χ0v) is 24.5. The lowest BCUT2D eigenvalue weighted by Gasteiger charge is -2.16. The van der Waals surface area contributed by atoms with Crippen LogP contribution in [0.1, 0.15) is 24.8 Å². The first-order valence-electron chi connectivity index (χ1n) is 13.2. The number of anilines is 2. The number of carbonyl (C=O) groups is 1. The number of sulfonamides is 1. The van der Waals surface area contributed by atoms with E-state index in [4.69, 9.17) is 16.3 Å². The number of halogens is 1. The Morgan fingerprint density at radius 3 is 2.56 bits per heavy atom. The molecule has 1 aliphatic carbocycles. The molecule has 1 aliphatic heterocycles. The van der Waals surface area contributed by atoms with E-state index >= 15 is 0 Å². The largest absolute Gasteiger partial charge is 0.476 e. The molecule has 1 N–H and O–H groups in total. The molecule has 2 aliphatic rings. The molecule has 41 heavy (non-hydrogen) atoms. The van der Waals surface area contributed by atoms with Crippen molar-refractivity contribution in [3.63, 3.8) is 0 Å². The molecule has 4 heterocycles. The minimum atomic E-state index is -4.01. The number of fused-ring (bicyclic) bond motifs is 4. The predicted molar refractivity (Wildman–Crippen MR) is 158 cm³/mol. The fourth-order valence-electron chi connectivity index (χ4n) is 5.32. The van der Waals surface area contributed by atoms with Gasteiger partial charge in [0.25, 0.3) is 10.0 Å². The molecule has 1 amide bonds. The van der Waals surface area contributed by atoms with Crippen LogP contribution in [0.25, 0.3) is 22.0 Å². The lowest BCUT2D eigenvalue weighted by Crippen LogP contribution is -2.28. The van der Waals surface area contributed by atoms with Crippen LogP contribution in [0, 0.1) is 0 Å². The van der Waals surface area contributed by atoms with Crippen molar-refractivity contribution in [1.29, 1.82) is 0 Å². The zero-order valence-electron chi connectivity index (χ0n) is 22.9. The van der Waals surface area contributed by atoms with Gasteiger partial charge in [-0.05, 0) is 69.3 Å². The van der Waals surface area contributed by atoms with Crippen LogP contribution in [-0.2, 0) is 20.2 Å². The Hall–Kier alpha value is -3.80. The van der Waals surface area contributed by atoms with Crippen LogP contribution in [0.15, 0.2) is 59.9 Å². The van der Waals surface area contributed by atoms with Crippen LogP contribution >= 0.6 is 11.6 Å². The molecular weight excluding hydrogens is 564 g/mol. The van der Waals surface area contributed by atoms with Crippen molar-refractivity contribution in [2.45, 2.75) is 29.6 Å². The molecule has 1 saturated carbocycles. The van der Waals surface area contributed by atoms with E-state index < -0.39 is 15.4 Å². The SMILES string of the molecule is CN(C)CCCOc1ncc(-c2ccc3ncc4c(c3c2)C2(CC2)C(=O)N4C)cc1NS(=O)(=O)c1ccc(Cl)nc1. The fourth-order valence-corrected chi connectivity index (χ4v) is 6.42. The minimum absolute atomic E-state index is 0.0401. The molecule has 1 fully saturated rings. The summed E-state index contributed by atoms with van der Waals surface area (Å²) in [6.45, 7) is 1.17. The van der Waals surface area contributed by atoms with Gasteiger partial charge in [0.05, 0.1) is 29.4 Å². The molecule has 0 unspecified atom stereocenters. The molecule has 0 bridgehead atoms. The van der Waals surface area contributed by atoms with Crippen LogP contribution in [0.4, 0.5) is 11.4 Å². The number of carbonyl (C=O) groups excluding carboxylic acids is 1. The smallest absolute Gasteiger partial charge is 0.263 e. The summed E-state index contributed by atoms with van der Waals surface area (Å²) in [6.07, 6.45) is 7.00. The summed E-state index contributed by atoms with van der Waals surface area (Å²) in [5, 5.41) is 1.10. The number of nitrogens with one attached hydrogen (secondary N) is 1. The van der Waals surface area contributed by atoms with Crippen molar-refractivity contribution in [3.05, 3.63) is 65.7 Å². The lowest BCUT2D eigenvalue weighted by atomic mass is 9.92. The maximum absolute atomic E-state index is 13.2. The number of rotatable bonds is 9. The van der Waals surface area contributed by atoms with E-state index in [1.54, 1.807) is 30.4 Å². The van der Waals surface area contributed by atoms with Crippen molar-refractivity contribution < 1.29 is 17.9 Å². The maximum atomic E-state index is 13.2. The Balaban J connectivity index is 1.39. The predicted octanol–water partition coefficient (Wildman–Crippen LogP) is 4.48. The molecule has 0 atom stereocenters. The number of pyridine rings is 3. The van der Waals surface area contributed by atoms with Gasteiger partial charge in [-0.2, -0.15) is 0 Å². The van der Waals surface area contributed by atoms with Crippen LogP contribution in [0.3, 0.4) is 0 Å². The van der Waals surface area contributed by atoms with Crippen molar-refractivity contribution in [1.82, 2.24) is 19.9 Å². The lowest BCUT2D eigenvalue weighted by molar-refractivity contribution is -0.119. The highest BCUT2D eigenvalue weighted by atomic mass is 35.5. The molecule has 1 spiro atoms. The van der Waals surface area contributed by atoms with Gasteiger partial charge in [-0.3, -0.25) is 14.5 Å². The second-order valence-corrected chi connectivity index (χ2v) is 12.8. The first kappa shape index (κ1) is 27.4.